The number of nitrogens with one attached hydrogen (secondary N) is 1. The van der Waals surface area contributed by atoms with E-state index in [1.54, 1.807) is 18.2 Å². The molecule has 0 aliphatic rings. The molecular weight excluding hydrogens is 237 g/mol. The zero-order valence-electron chi connectivity index (χ0n) is 8.22. The van der Waals surface area contributed by atoms with E-state index < -0.39 is 6.09 Å². The fourth-order valence-corrected chi connectivity index (χ4v) is 1.26. The van der Waals surface area contributed by atoms with E-state index in [0.29, 0.717) is 11.6 Å². The van der Waals surface area contributed by atoms with Crippen molar-refractivity contribution in [2.45, 2.75) is 13.3 Å². The molecule has 0 heterocycles. The van der Waals surface area contributed by atoms with Gasteiger partial charge in [0.25, 0.3) is 0 Å². The molecule has 82 valence electrons. The predicted octanol–water partition coefficient (Wildman–Crippen LogP) is 3.49. The average molecular weight is 248 g/mol. The first-order valence-corrected chi connectivity index (χ1v) is 5.30. The first-order valence-electron chi connectivity index (χ1n) is 4.55. The molecule has 1 rings (SSSR count). The smallest absolute Gasteiger partial charge is 0.409 e. The number of carbonyl (C=O) groups is 1. The highest BCUT2D eigenvalue weighted by Crippen LogP contribution is 2.31. The summed E-state index contributed by atoms with van der Waals surface area (Å²) in [5.41, 5.74) is 0. The van der Waals surface area contributed by atoms with Crippen LogP contribution in [0.2, 0.25) is 10.0 Å². The Labute approximate surface area is 98.3 Å². The number of carbonyl (C=O) groups excluding carboxylic acids is 1. The van der Waals surface area contributed by atoms with E-state index >= 15 is 0 Å². The highest BCUT2D eigenvalue weighted by Gasteiger charge is 2.09. The molecule has 1 aromatic rings. The number of amides is 1. The van der Waals surface area contributed by atoms with Crippen molar-refractivity contribution in [2.75, 3.05) is 6.54 Å². The lowest BCUT2D eigenvalue weighted by Crippen LogP contribution is -2.27. The number of hydrogen-bond acceptors (Lipinski definition) is 2. The molecule has 15 heavy (non-hydrogen) atoms. The van der Waals surface area contributed by atoms with Crippen LogP contribution in [0.15, 0.2) is 18.2 Å². The average Bonchev–Trinajstić information content (AvgIpc) is 2.22. The molecule has 5 heteroatoms. The van der Waals surface area contributed by atoms with Crippen molar-refractivity contribution in [3.8, 4) is 5.75 Å². The third-order valence-corrected chi connectivity index (χ3v) is 2.44. The molecule has 1 N–H and O–H groups in total. The van der Waals surface area contributed by atoms with Crippen LogP contribution < -0.4 is 10.1 Å². The van der Waals surface area contributed by atoms with Gasteiger partial charge < -0.3 is 10.1 Å². The molecule has 0 bridgehead atoms. The van der Waals surface area contributed by atoms with Crippen LogP contribution >= 0.6 is 23.2 Å². The van der Waals surface area contributed by atoms with Crippen LogP contribution in [0, 0.1) is 0 Å². The Hall–Kier alpha value is -0.930. The molecule has 0 aliphatic heterocycles. The van der Waals surface area contributed by atoms with Crippen molar-refractivity contribution < 1.29 is 9.53 Å². The van der Waals surface area contributed by atoms with Crippen molar-refractivity contribution in [1.82, 2.24) is 5.32 Å². The highest BCUT2D eigenvalue weighted by atomic mass is 35.5. The molecule has 0 unspecified atom stereocenters. The van der Waals surface area contributed by atoms with Gasteiger partial charge in [-0.25, -0.2) is 4.79 Å². The van der Waals surface area contributed by atoms with E-state index in [1.165, 1.54) is 0 Å². The van der Waals surface area contributed by atoms with Gasteiger partial charge in [-0.1, -0.05) is 36.2 Å². The van der Waals surface area contributed by atoms with Crippen LogP contribution in [-0.4, -0.2) is 12.6 Å². The van der Waals surface area contributed by atoms with Crippen LogP contribution in [0.1, 0.15) is 13.3 Å². The van der Waals surface area contributed by atoms with E-state index in [2.05, 4.69) is 5.32 Å². The lowest BCUT2D eigenvalue weighted by molar-refractivity contribution is 0.200. The minimum atomic E-state index is -0.527. The van der Waals surface area contributed by atoms with E-state index in [1.807, 2.05) is 6.92 Å². The quantitative estimate of drug-likeness (QED) is 0.889. The minimum Gasteiger partial charge on any atom is -0.409 e. The number of hydrogen-bond donors (Lipinski definition) is 1. The summed E-state index contributed by atoms with van der Waals surface area (Å²) in [5, 5.41) is 3.16. The van der Waals surface area contributed by atoms with E-state index in [0.717, 1.165) is 6.42 Å². The number of benzene rings is 1. The van der Waals surface area contributed by atoms with Gasteiger partial charge in [0.2, 0.25) is 0 Å². The summed E-state index contributed by atoms with van der Waals surface area (Å²) in [6.45, 7) is 2.52. The summed E-state index contributed by atoms with van der Waals surface area (Å²) < 4.78 is 4.96. The van der Waals surface area contributed by atoms with Gasteiger partial charge in [-0.3, -0.25) is 0 Å². The highest BCUT2D eigenvalue weighted by molar-refractivity contribution is 6.43. The van der Waals surface area contributed by atoms with Gasteiger partial charge in [0.1, 0.15) is 5.02 Å². The molecule has 1 amide bonds. The first-order chi connectivity index (χ1) is 7.15. The fourth-order valence-electron chi connectivity index (χ4n) is 0.926. The monoisotopic (exact) mass is 247 g/mol. The van der Waals surface area contributed by atoms with E-state index in [-0.39, 0.29) is 10.8 Å². The van der Waals surface area contributed by atoms with Crippen molar-refractivity contribution in [3.63, 3.8) is 0 Å². The van der Waals surface area contributed by atoms with Gasteiger partial charge in [-0.2, -0.15) is 0 Å². The Bertz CT molecular complexity index is 355. The summed E-state index contributed by atoms with van der Waals surface area (Å²) >= 11 is 11.6. The van der Waals surface area contributed by atoms with Crippen LogP contribution in [-0.2, 0) is 0 Å². The summed E-state index contributed by atoms with van der Waals surface area (Å²) in [4.78, 5) is 11.2. The van der Waals surface area contributed by atoms with Gasteiger partial charge in [0.15, 0.2) is 5.75 Å². The summed E-state index contributed by atoms with van der Waals surface area (Å²) in [6.07, 6.45) is 0.319. The number of ether oxygens (including phenoxy) is 1. The SMILES string of the molecule is CCCNC(=O)Oc1cccc(Cl)c1Cl. The van der Waals surface area contributed by atoms with Crippen LogP contribution in [0.5, 0.6) is 5.75 Å². The Morgan fingerprint density at radius 2 is 2.20 bits per heavy atom. The lowest BCUT2D eigenvalue weighted by Gasteiger charge is -2.07. The Kier molecular flexibility index (Phi) is 4.72. The molecule has 1 aromatic carbocycles. The lowest BCUT2D eigenvalue weighted by atomic mass is 10.3. The Morgan fingerprint density at radius 1 is 1.47 bits per heavy atom. The maximum absolute atomic E-state index is 11.2. The fraction of sp³-hybridized carbons (Fsp3) is 0.300. The zero-order chi connectivity index (χ0) is 11.3. The Morgan fingerprint density at radius 3 is 2.87 bits per heavy atom. The normalized spacial score (nSPS) is 9.80. The molecule has 3 nitrogen and oxygen atoms in total. The molecule has 0 aromatic heterocycles. The van der Waals surface area contributed by atoms with Crippen molar-refractivity contribution in [3.05, 3.63) is 28.2 Å². The predicted molar refractivity (Wildman–Crippen MR) is 60.8 cm³/mol. The third kappa shape index (κ3) is 3.61. The van der Waals surface area contributed by atoms with Crippen molar-refractivity contribution >= 4 is 29.3 Å². The van der Waals surface area contributed by atoms with Crippen molar-refractivity contribution in [1.29, 1.82) is 0 Å². The molecule has 0 aliphatic carbocycles. The summed E-state index contributed by atoms with van der Waals surface area (Å²) in [5.74, 6) is 0.262. The van der Waals surface area contributed by atoms with Gasteiger partial charge in [-0.05, 0) is 18.6 Å². The zero-order valence-corrected chi connectivity index (χ0v) is 9.73. The third-order valence-electron chi connectivity index (χ3n) is 1.64. The van der Waals surface area contributed by atoms with E-state index in [9.17, 15) is 4.79 Å². The molecule has 0 fully saturated rings. The van der Waals surface area contributed by atoms with Gasteiger partial charge in [0.05, 0.1) is 5.02 Å². The summed E-state index contributed by atoms with van der Waals surface area (Å²) in [6, 6.07) is 4.87. The largest absolute Gasteiger partial charge is 0.412 e. The maximum atomic E-state index is 11.2. The van der Waals surface area contributed by atoms with Gasteiger partial charge in [-0.15, -0.1) is 0 Å². The van der Waals surface area contributed by atoms with E-state index in [4.69, 9.17) is 27.9 Å². The van der Waals surface area contributed by atoms with Gasteiger partial charge >= 0.3 is 6.09 Å². The van der Waals surface area contributed by atoms with Crippen LogP contribution in [0.3, 0.4) is 0 Å². The second-order valence-corrected chi connectivity index (χ2v) is 3.65. The topological polar surface area (TPSA) is 38.3 Å². The standard InChI is InChI=1S/C10H11Cl2NO2/c1-2-6-13-10(14)15-8-5-3-4-7(11)9(8)12/h3-5H,2,6H2,1H3,(H,13,14). The van der Waals surface area contributed by atoms with Crippen molar-refractivity contribution in [2.24, 2.45) is 0 Å². The molecule has 0 radical (unpaired) electrons. The second kappa shape index (κ2) is 5.83. The minimum absolute atomic E-state index is 0.241. The van der Waals surface area contributed by atoms with Gasteiger partial charge in [0, 0.05) is 6.54 Å². The molecule has 0 spiro atoms. The molecule has 0 atom stereocenters. The molecule has 0 saturated heterocycles. The summed E-state index contributed by atoms with van der Waals surface area (Å²) in [7, 11) is 0. The molecule has 0 saturated carbocycles. The first kappa shape index (κ1) is 12.1. The van der Waals surface area contributed by atoms with Crippen LogP contribution in [0.4, 0.5) is 4.79 Å². The second-order valence-electron chi connectivity index (χ2n) is 2.87. The number of halogens is 2. The Balaban J connectivity index is 2.64. The number of rotatable bonds is 3. The van der Waals surface area contributed by atoms with Crippen LogP contribution in [0.25, 0.3) is 0 Å². The maximum Gasteiger partial charge on any atom is 0.412 e. The molecular formula is C10H11Cl2NO2.